The van der Waals surface area contributed by atoms with Gasteiger partial charge >= 0.3 is 18.0 Å². The average Bonchev–Trinajstić information content (AvgIpc) is 2.55. The fraction of sp³-hybridized carbons (Fsp3) is 0.188. The zero-order chi connectivity index (χ0) is 21.5. The topological polar surface area (TPSA) is 29.1 Å². The number of rotatable bonds is 3. The lowest BCUT2D eigenvalue weighted by Crippen LogP contribution is -2.50. The first-order valence-electron chi connectivity index (χ1n) is 7.08. The van der Waals surface area contributed by atoms with Crippen molar-refractivity contribution in [2.45, 2.75) is 18.0 Å². The first kappa shape index (κ1) is 22.8. The van der Waals surface area contributed by atoms with Crippen molar-refractivity contribution in [3.05, 3.63) is 61.4 Å². The summed E-state index contributed by atoms with van der Waals surface area (Å²) in [4.78, 5) is 12.1. The second-order valence-electron chi connectivity index (χ2n) is 5.40. The Morgan fingerprint density at radius 1 is 0.964 bits per heavy atom. The molecule has 0 bridgehead atoms. The molecule has 0 heterocycles. The average molecular weight is 588 g/mol. The van der Waals surface area contributed by atoms with E-state index in [1.807, 2.05) is 0 Å². The maximum absolute atomic E-state index is 14.2. The van der Waals surface area contributed by atoms with Gasteiger partial charge in [-0.1, -0.05) is 12.1 Å². The molecule has 28 heavy (non-hydrogen) atoms. The minimum atomic E-state index is -6.27. The first-order valence-corrected chi connectivity index (χ1v) is 8.95. The van der Waals surface area contributed by atoms with Gasteiger partial charge in [-0.25, -0.2) is 8.78 Å². The highest BCUT2D eigenvalue weighted by atomic mass is 127. The van der Waals surface area contributed by atoms with Crippen molar-refractivity contribution in [2.75, 3.05) is 5.32 Å². The van der Waals surface area contributed by atoms with Crippen LogP contribution in [-0.4, -0.2) is 18.3 Å². The van der Waals surface area contributed by atoms with E-state index < -0.39 is 45.3 Å². The fourth-order valence-electron chi connectivity index (χ4n) is 2.21. The summed E-state index contributed by atoms with van der Waals surface area (Å²) >= 11 is 4.06. The number of hydrogen-bond acceptors (Lipinski definition) is 1. The Morgan fingerprint density at radius 3 is 1.96 bits per heavy atom. The molecule has 0 aliphatic carbocycles. The van der Waals surface area contributed by atoms with Crippen LogP contribution in [0.2, 0.25) is 0 Å². The van der Waals surface area contributed by atoms with Gasteiger partial charge in [0.1, 0.15) is 5.82 Å². The predicted molar refractivity (Wildman–Crippen MR) is 96.1 cm³/mol. The van der Waals surface area contributed by atoms with Crippen LogP contribution in [-0.2, 0) is 5.67 Å². The summed E-state index contributed by atoms with van der Waals surface area (Å²) in [5.41, 5.74) is -7.98. The van der Waals surface area contributed by atoms with Gasteiger partial charge in [0.2, 0.25) is 0 Å². The van der Waals surface area contributed by atoms with Gasteiger partial charge in [0, 0.05) is 13.6 Å². The molecule has 0 saturated heterocycles. The molecule has 2 nitrogen and oxygen atoms in total. The van der Waals surface area contributed by atoms with Crippen molar-refractivity contribution >= 4 is 50.1 Å². The fourth-order valence-corrected chi connectivity index (χ4v) is 3.90. The number of alkyl halides is 7. The number of nitrogens with one attached hydrogen (secondary N) is 1. The van der Waals surface area contributed by atoms with E-state index in [9.17, 15) is 39.9 Å². The molecule has 0 fully saturated rings. The van der Waals surface area contributed by atoms with Gasteiger partial charge in [-0.15, -0.1) is 0 Å². The van der Waals surface area contributed by atoms with E-state index in [0.29, 0.717) is 6.07 Å². The van der Waals surface area contributed by atoms with Gasteiger partial charge in [0.05, 0.1) is 11.3 Å². The van der Waals surface area contributed by atoms with Crippen molar-refractivity contribution in [1.29, 1.82) is 0 Å². The van der Waals surface area contributed by atoms with E-state index in [0.717, 1.165) is 12.1 Å². The maximum atomic E-state index is 14.2. The number of carbonyl (C=O) groups excluding carboxylic acids is 1. The quantitative estimate of drug-likeness (QED) is 0.313. The number of amides is 1. The highest BCUT2D eigenvalue weighted by Gasteiger charge is 2.73. The third kappa shape index (κ3) is 4.11. The van der Waals surface area contributed by atoms with Crippen LogP contribution in [0.3, 0.4) is 0 Å². The van der Waals surface area contributed by atoms with Gasteiger partial charge in [0.15, 0.2) is 0 Å². The lowest BCUT2D eigenvalue weighted by molar-refractivity contribution is -0.348. The van der Waals surface area contributed by atoms with Gasteiger partial charge < -0.3 is 5.32 Å². The van der Waals surface area contributed by atoms with Crippen molar-refractivity contribution < 1.29 is 39.9 Å². The standard InChI is InChI=1S/C16H7BrF8INO/c17-9-5-7(14(19,15(20,21)22)16(23,24)25)6-11(26)12(9)27-13(28)8-3-1-2-4-10(8)18/h1-6H,(H,27,28). The van der Waals surface area contributed by atoms with Crippen LogP contribution in [0.25, 0.3) is 0 Å². The van der Waals surface area contributed by atoms with E-state index in [-0.39, 0.29) is 15.3 Å². The van der Waals surface area contributed by atoms with Gasteiger partial charge in [-0.3, -0.25) is 4.79 Å². The van der Waals surface area contributed by atoms with Crippen LogP contribution in [0.15, 0.2) is 40.9 Å². The summed E-state index contributed by atoms with van der Waals surface area (Å²) in [7, 11) is 0. The van der Waals surface area contributed by atoms with E-state index >= 15 is 0 Å². The van der Waals surface area contributed by atoms with Crippen molar-refractivity contribution in [2.24, 2.45) is 0 Å². The van der Waals surface area contributed by atoms with E-state index in [2.05, 4.69) is 21.2 Å². The molecule has 0 spiro atoms. The van der Waals surface area contributed by atoms with Gasteiger partial charge in [-0.05, 0) is 62.8 Å². The molecule has 0 atom stereocenters. The molecule has 12 heteroatoms. The van der Waals surface area contributed by atoms with Crippen LogP contribution in [0.1, 0.15) is 15.9 Å². The number of carbonyl (C=O) groups is 1. The van der Waals surface area contributed by atoms with Crippen LogP contribution in [0, 0.1) is 9.39 Å². The highest BCUT2D eigenvalue weighted by Crippen LogP contribution is 2.54. The van der Waals surface area contributed by atoms with E-state index in [1.54, 1.807) is 0 Å². The Labute approximate surface area is 174 Å². The molecule has 152 valence electrons. The predicted octanol–water partition coefficient (Wildman–Crippen LogP) is 6.73. The molecule has 0 aliphatic heterocycles. The molecule has 0 radical (unpaired) electrons. The zero-order valence-electron chi connectivity index (χ0n) is 13.2. The summed E-state index contributed by atoms with van der Waals surface area (Å²) < 4.78 is 104. The Morgan fingerprint density at radius 2 is 1.50 bits per heavy atom. The lowest BCUT2D eigenvalue weighted by atomic mass is 9.94. The third-order valence-electron chi connectivity index (χ3n) is 3.58. The SMILES string of the molecule is O=C(Nc1c(Br)cc(C(F)(C(F)(F)F)C(F)(F)F)cc1I)c1ccccc1F. The molecule has 1 N–H and O–H groups in total. The first-order chi connectivity index (χ1) is 12.7. The molecular weight excluding hydrogens is 581 g/mol. The number of halogens is 10. The lowest BCUT2D eigenvalue weighted by Gasteiger charge is -2.31. The summed E-state index contributed by atoms with van der Waals surface area (Å²) in [6, 6.07) is 5.35. The Bertz CT molecular complexity index is 875. The summed E-state index contributed by atoms with van der Waals surface area (Å²) in [6.45, 7) is 0. The third-order valence-corrected chi connectivity index (χ3v) is 5.05. The second-order valence-corrected chi connectivity index (χ2v) is 7.42. The van der Waals surface area contributed by atoms with Crippen molar-refractivity contribution in [1.82, 2.24) is 0 Å². The van der Waals surface area contributed by atoms with Crippen molar-refractivity contribution in [3.8, 4) is 0 Å². The number of benzene rings is 2. The largest absolute Gasteiger partial charge is 0.435 e. The van der Waals surface area contributed by atoms with Crippen LogP contribution in [0.5, 0.6) is 0 Å². The smallest absolute Gasteiger partial charge is 0.320 e. The molecule has 2 rings (SSSR count). The number of hydrogen-bond donors (Lipinski definition) is 1. The zero-order valence-corrected chi connectivity index (χ0v) is 16.9. The summed E-state index contributed by atoms with van der Waals surface area (Å²) in [5.74, 6) is -1.89. The van der Waals surface area contributed by atoms with Crippen LogP contribution < -0.4 is 5.32 Å². The maximum Gasteiger partial charge on any atom is 0.435 e. The van der Waals surface area contributed by atoms with E-state index in [1.165, 1.54) is 34.7 Å². The number of anilines is 1. The Balaban J connectivity index is 2.51. The van der Waals surface area contributed by atoms with Crippen molar-refractivity contribution in [3.63, 3.8) is 0 Å². The molecule has 0 unspecified atom stereocenters. The minimum absolute atomic E-state index is 0.246. The van der Waals surface area contributed by atoms with Crippen LogP contribution in [0.4, 0.5) is 40.8 Å². The molecule has 1 amide bonds. The minimum Gasteiger partial charge on any atom is -0.320 e. The summed E-state index contributed by atoms with van der Waals surface area (Å²) in [6.07, 6.45) is -12.5. The summed E-state index contributed by atoms with van der Waals surface area (Å²) in [5, 5.41) is 2.17. The van der Waals surface area contributed by atoms with Gasteiger partial charge in [0.25, 0.3) is 5.91 Å². The highest BCUT2D eigenvalue weighted by molar-refractivity contribution is 14.1. The van der Waals surface area contributed by atoms with E-state index in [4.69, 9.17) is 0 Å². The molecule has 2 aromatic carbocycles. The molecule has 2 aromatic rings. The Hall–Kier alpha value is -1.44. The molecule has 0 saturated carbocycles. The normalized spacial score (nSPS) is 12.8. The van der Waals surface area contributed by atoms with Crippen LogP contribution >= 0.6 is 38.5 Å². The van der Waals surface area contributed by atoms with Gasteiger partial charge in [-0.2, -0.15) is 26.3 Å². The molecule has 0 aromatic heterocycles. The Kier molecular flexibility index (Phi) is 6.34. The second kappa shape index (κ2) is 7.76. The monoisotopic (exact) mass is 587 g/mol. The molecular formula is C16H7BrF8INO. The molecule has 0 aliphatic rings.